The molecule has 1 amide bonds. The van der Waals surface area contributed by atoms with Crippen LogP contribution >= 0.6 is 0 Å². The third kappa shape index (κ3) is 3.75. The summed E-state index contributed by atoms with van der Waals surface area (Å²) in [4.78, 5) is 14.1. The standard InChI is InChI=1S/C18H20FN3O/c19-15-8-4-5-9-17(15)21-18(23)12-22-10-14(16(20)11-22)13-6-2-1-3-7-13/h1-9,14,16H,10-12,20H2,(H,21,23)/t14-,16+/m0/s1. The first kappa shape index (κ1) is 15.6. The van der Waals surface area contributed by atoms with Gasteiger partial charge in [0.15, 0.2) is 0 Å². The Morgan fingerprint density at radius 2 is 1.83 bits per heavy atom. The molecule has 0 aromatic heterocycles. The molecule has 1 fully saturated rings. The molecule has 1 saturated heterocycles. The zero-order chi connectivity index (χ0) is 16.2. The normalized spacial score (nSPS) is 21.3. The van der Waals surface area contributed by atoms with Crippen LogP contribution in [0.1, 0.15) is 11.5 Å². The van der Waals surface area contributed by atoms with E-state index in [1.54, 1.807) is 18.2 Å². The van der Waals surface area contributed by atoms with Crippen LogP contribution in [0.3, 0.4) is 0 Å². The molecule has 0 unspecified atom stereocenters. The predicted molar refractivity (Wildman–Crippen MR) is 88.6 cm³/mol. The van der Waals surface area contributed by atoms with Crippen LogP contribution in [0.25, 0.3) is 0 Å². The molecule has 5 heteroatoms. The second kappa shape index (κ2) is 6.89. The minimum absolute atomic E-state index is 0.00124. The highest BCUT2D eigenvalue weighted by molar-refractivity contribution is 5.92. The maximum Gasteiger partial charge on any atom is 0.238 e. The van der Waals surface area contributed by atoms with Gasteiger partial charge in [0.2, 0.25) is 5.91 Å². The fourth-order valence-corrected chi connectivity index (χ4v) is 3.05. The number of nitrogens with zero attached hydrogens (tertiary/aromatic N) is 1. The van der Waals surface area contributed by atoms with Crippen molar-refractivity contribution in [1.29, 1.82) is 0 Å². The molecule has 1 aliphatic rings. The zero-order valence-corrected chi connectivity index (χ0v) is 12.8. The molecule has 2 atom stereocenters. The molecule has 3 N–H and O–H groups in total. The van der Waals surface area contributed by atoms with Gasteiger partial charge < -0.3 is 11.1 Å². The molecule has 1 aliphatic heterocycles. The van der Waals surface area contributed by atoms with Gasteiger partial charge >= 0.3 is 0 Å². The molecular weight excluding hydrogens is 293 g/mol. The third-order valence-corrected chi connectivity index (χ3v) is 4.18. The van der Waals surface area contributed by atoms with Crippen molar-refractivity contribution in [2.75, 3.05) is 25.0 Å². The van der Waals surface area contributed by atoms with E-state index in [9.17, 15) is 9.18 Å². The molecule has 0 spiro atoms. The number of benzene rings is 2. The fourth-order valence-electron chi connectivity index (χ4n) is 3.05. The lowest BCUT2D eigenvalue weighted by Gasteiger charge is -2.16. The van der Waals surface area contributed by atoms with Crippen molar-refractivity contribution < 1.29 is 9.18 Å². The molecule has 23 heavy (non-hydrogen) atoms. The maximum atomic E-state index is 13.6. The maximum absolute atomic E-state index is 13.6. The van der Waals surface area contributed by atoms with Crippen LogP contribution in [0.2, 0.25) is 0 Å². The van der Waals surface area contributed by atoms with Crippen LogP contribution in [-0.4, -0.2) is 36.5 Å². The van der Waals surface area contributed by atoms with Gasteiger partial charge in [-0.2, -0.15) is 0 Å². The van der Waals surface area contributed by atoms with Gasteiger partial charge in [0.1, 0.15) is 5.82 Å². The van der Waals surface area contributed by atoms with Crippen molar-refractivity contribution in [3.8, 4) is 0 Å². The van der Waals surface area contributed by atoms with Gasteiger partial charge in [-0.1, -0.05) is 42.5 Å². The van der Waals surface area contributed by atoms with Crippen molar-refractivity contribution >= 4 is 11.6 Å². The molecule has 0 aliphatic carbocycles. The summed E-state index contributed by atoms with van der Waals surface area (Å²) in [6.45, 7) is 1.60. The van der Waals surface area contributed by atoms with E-state index in [2.05, 4.69) is 17.4 Å². The molecule has 2 aromatic carbocycles. The Labute approximate surface area is 135 Å². The first-order valence-corrected chi connectivity index (χ1v) is 7.71. The number of hydrogen-bond acceptors (Lipinski definition) is 3. The molecule has 3 rings (SSSR count). The minimum Gasteiger partial charge on any atom is -0.326 e. The largest absolute Gasteiger partial charge is 0.326 e. The number of amides is 1. The van der Waals surface area contributed by atoms with E-state index in [0.717, 1.165) is 6.54 Å². The van der Waals surface area contributed by atoms with Crippen molar-refractivity contribution in [1.82, 2.24) is 4.90 Å². The Morgan fingerprint density at radius 3 is 2.57 bits per heavy atom. The molecular formula is C18H20FN3O. The SMILES string of the molecule is N[C@@H]1CN(CC(=O)Nc2ccccc2F)C[C@H]1c1ccccc1. The first-order chi connectivity index (χ1) is 11.1. The summed E-state index contributed by atoms with van der Waals surface area (Å²) in [5, 5.41) is 2.61. The van der Waals surface area contributed by atoms with E-state index in [-0.39, 0.29) is 30.1 Å². The number of hydrogen-bond donors (Lipinski definition) is 2. The van der Waals surface area contributed by atoms with Gasteiger partial charge in [0.05, 0.1) is 12.2 Å². The van der Waals surface area contributed by atoms with Crippen molar-refractivity contribution in [3.05, 3.63) is 66.0 Å². The van der Waals surface area contributed by atoms with E-state index in [1.807, 2.05) is 23.1 Å². The van der Waals surface area contributed by atoms with E-state index >= 15 is 0 Å². The molecule has 0 saturated carbocycles. The summed E-state index contributed by atoms with van der Waals surface area (Å²) in [5.41, 5.74) is 7.62. The number of halogens is 1. The van der Waals surface area contributed by atoms with Crippen molar-refractivity contribution in [2.45, 2.75) is 12.0 Å². The molecule has 1 heterocycles. The summed E-state index contributed by atoms with van der Waals surface area (Å²) in [6, 6.07) is 16.3. The van der Waals surface area contributed by atoms with Crippen LogP contribution in [0.15, 0.2) is 54.6 Å². The summed E-state index contributed by atoms with van der Waals surface area (Å²) >= 11 is 0. The average molecular weight is 313 g/mol. The number of carbonyl (C=O) groups is 1. The van der Waals surface area contributed by atoms with Gasteiger partial charge in [0.25, 0.3) is 0 Å². The lowest BCUT2D eigenvalue weighted by molar-refractivity contribution is -0.117. The summed E-state index contributed by atoms with van der Waals surface area (Å²) in [5.74, 6) is -0.436. The van der Waals surface area contributed by atoms with Crippen LogP contribution in [0, 0.1) is 5.82 Å². The summed E-state index contributed by atoms with van der Waals surface area (Å²) in [6.07, 6.45) is 0. The highest BCUT2D eigenvalue weighted by Crippen LogP contribution is 2.26. The van der Waals surface area contributed by atoms with Crippen LogP contribution < -0.4 is 11.1 Å². The number of nitrogens with one attached hydrogen (secondary N) is 1. The Kier molecular flexibility index (Phi) is 4.69. The first-order valence-electron chi connectivity index (χ1n) is 7.71. The third-order valence-electron chi connectivity index (χ3n) is 4.18. The van der Waals surface area contributed by atoms with E-state index in [1.165, 1.54) is 11.6 Å². The summed E-state index contributed by atoms with van der Waals surface area (Å²) < 4.78 is 13.6. The van der Waals surface area contributed by atoms with E-state index in [4.69, 9.17) is 5.73 Å². The Hall–Kier alpha value is -2.24. The number of likely N-dealkylation sites (tertiary alicyclic amines) is 1. The molecule has 120 valence electrons. The number of rotatable bonds is 4. The van der Waals surface area contributed by atoms with Gasteiger partial charge in [-0.25, -0.2) is 4.39 Å². The second-order valence-corrected chi connectivity index (χ2v) is 5.90. The predicted octanol–water partition coefficient (Wildman–Crippen LogP) is 2.19. The van der Waals surface area contributed by atoms with Gasteiger partial charge in [-0.15, -0.1) is 0 Å². The van der Waals surface area contributed by atoms with Crippen LogP contribution in [0.5, 0.6) is 0 Å². The Balaban J connectivity index is 1.59. The molecule has 4 nitrogen and oxygen atoms in total. The molecule has 2 aromatic rings. The highest BCUT2D eigenvalue weighted by atomic mass is 19.1. The smallest absolute Gasteiger partial charge is 0.238 e. The number of anilines is 1. The number of nitrogens with two attached hydrogens (primary N) is 1. The van der Waals surface area contributed by atoms with Gasteiger partial charge in [-0.3, -0.25) is 9.69 Å². The Bertz CT molecular complexity index is 677. The van der Waals surface area contributed by atoms with Gasteiger partial charge in [0, 0.05) is 25.0 Å². The lowest BCUT2D eigenvalue weighted by Crippen LogP contribution is -2.33. The highest BCUT2D eigenvalue weighted by Gasteiger charge is 2.32. The topological polar surface area (TPSA) is 58.4 Å². The Morgan fingerprint density at radius 1 is 1.13 bits per heavy atom. The zero-order valence-electron chi connectivity index (χ0n) is 12.8. The van der Waals surface area contributed by atoms with Crippen LogP contribution in [-0.2, 0) is 4.79 Å². The quantitative estimate of drug-likeness (QED) is 0.910. The number of carbonyl (C=O) groups excluding carboxylic acids is 1. The minimum atomic E-state index is -0.430. The monoisotopic (exact) mass is 313 g/mol. The second-order valence-electron chi connectivity index (χ2n) is 5.90. The fraction of sp³-hybridized carbons (Fsp3) is 0.278. The molecule has 0 radical (unpaired) electrons. The van der Waals surface area contributed by atoms with Crippen LogP contribution in [0.4, 0.5) is 10.1 Å². The van der Waals surface area contributed by atoms with Gasteiger partial charge in [-0.05, 0) is 17.7 Å². The van der Waals surface area contributed by atoms with Crippen molar-refractivity contribution in [2.24, 2.45) is 5.73 Å². The summed E-state index contributed by atoms with van der Waals surface area (Å²) in [7, 11) is 0. The average Bonchev–Trinajstić information content (AvgIpc) is 2.91. The van der Waals surface area contributed by atoms with E-state index in [0.29, 0.717) is 6.54 Å². The van der Waals surface area contributed by atoms with E-state index < -0.39 is 5.82 Å². The van der Waals surface area contributed by atoms with Crippen molar-refractivity contribution in [3.63, 3.8) is 0 Å². The molecule has 0 bridgehead atoms. The lowest BCUT2D eigenvalue weighted by atomic mass is 9.95. The number of para-hydroxylation sites is 1.